The van der Waals surface area contributed by atoms with Crippen molar-refractivity contribution in [1.82, 2.24) is 24.9 Å². The largest absolute Gasteiger partial charge is 0.487 e. The van der Waals surface area contributed by atoms with Crippen LogP contribution in [0.2, 0.25) is 0 Å². The summed E-state index contributed by atoms with van der Waals surface area (Å²) in [6, 6.07) is 6.98. The van der Waals surface area contributed by atoms with Gasteiger partial charge in [0.25, 0.3) is 5.91 Å². The minimum absolute atomic E-state index is 0.148. The van der Waals surface area contributed by atoms with Crippen LogP contribution in [0.15, 0.2) is 74.0 Å². The number of alkyl halides is 3. The SMILES string of the molecule is O=C(Nc1ccc(OC(F)(F)Cl)cc1)c1cnc(-c2cncnc2)c(-c2cncnc2)c1. The molecular formula is C21H13ClF2N6O2. The zero-order valence-electron chi connectivity index (χ0n) is 16.1. The summed E-state index contributed by atoms with van der Waals surface area (Å²) in [5.41, 5.74) is -0.717. The van der Waals surface area contributed by atoms with Crippen LogP contribution in [0.5, 0.6) is 5.75 Å². The van der Waals surface area contributed by atoms with Gasteiger partial charge in [-0.2, -0.15) is 0 Å². The van der Waals surface area contributed by atoms with Gasteiger partial charge in [-0.05, 0) is 30.3 Å². The molecule has 0 aliphatic rings. The van der Waals surface area contributed by atoms with Crippen molar-refractivity contribution in [1.29, 1.82) is 0 Å². The summed E-state index contributed by atoms with van der Waals surface area (Å²) in [7, 11) is 0. The highest BCUT2D eigenvalue weighted by Gasteiger charge is 2.27. The molecule has 0 saturated carbocycles. The first-order valence-corrected chi connectivity index (χ1v) is 9.45. The van der Waals surface area contributed by atoms with E-state index in [2.05, 4.69) is 35.0 Å². The molecule has 0 radical (unpaired) electrons. The van der Waals surface area contributed by atoms with Crippen LogP contribution >= 0.6 is 11.6 Å². The molecular weight excluding hydrogens is 442 g/mol. The molecule has 3 aromatic heterocycles. The summed E-state index contributed by atoms with van der Waals surface area (Å²) >= 11 is 4.75. The Hall–Kier alpha value is -4.05. The van der Waals surface area contributed by atoms with E-state index in [1.54, 1.807) is 30.9 Å². The Morgan fingerprint density at radius 3 is 2.09 bits per heavy atom. The van der Waals surface area contributed by atoms with Crippen molar-refractivity contribution in [3.05, 3.63) is 79.5 Å². The lowest BCUT2D eigenvalue weighted by molar-refractivity contribution is -0.0964. The van der Waals surface area contributed by atoms with Gasteiger partial charge in [0, 0.05) is 65.0 Å². The number of benzene rings is 1. The first-order valence-electron chi connectivity index (χ1n) is 9.07. The highest BCUT2D eigenvalue weighted by molar-refractivity contribution is 6.20. The van der Waals surface area contributed by atoms with Gasteiger partial charge >= 0.3 is 5.57 Å². The maximum absolute atomic E-state index is 12.8. The zero-order valence-corrected chi connectivity index (χ0v) is 16.9. The van der Waals surface area contributed by atoms with E-state index in [1.165, 1.54) is 43.1 Å². The number of nitrogens with zero attached hydrogens (tertiary/aromatic N) is 5. The number of ether oxygens (including phenoxy) is 1. The van der Waals surface area contributed by atoms with Crippen molar-refractivity contribution < 1.29 is 18.3 Å². The molecule has 1 aromatic carbocycles. The van der Waals surface area contributed by atoms with E-state index in [4.69, 9.17) is 11.6 Å². The van der Waals surface area contributed by atoms with Crippen LogP contribution in [-0.2, 0) is 0 Å². The van der Waals surface area contributed by atoms with Crippen LogP contribution < -0.4 is 10.1 Å². The third-order valence-corrected chi connectivity index (χ3v) is 4.28. The van der Waals surface area contributed by atoms with Gasteiger partial charge in [0.1, 0.15) is 18.4 Å². The molecule has 160 valence electrons. The topological polar surface area (TPSA) is 103 Å². The standard InChI is InChI=1S/C21H13ClF2N6O2/c22-21(23,24)32-17-3-1-16(2-4-17)30-20(31)13-5-18(14-6-25-11-26-7-14)19(29-10-13)15-8-27-12-28-9-15/h1-12H,(H,30,31). The van der Waals surface area contributed by atoms with Crippen LogP contribution in [-0.4, -0.2) is 36.4 Å². The van der Waals surface area contributed by atoms with E-state index in [9.17, 15) is 13.6 Å². The predicted molar refractivity (Wildman–Crippen MR) is 112 cm³/mol. The number of halogens is 3. The molecule has 0 atom stereocenters. The number of hydrogen-bond acceptors (Lipinski definition) is 7. The molecule has 0 unspecified atom stereocenters. The summed E-state index contributed by atoms with van der Waals surface area (Å²) < 4.78 is 29.7. The summed E-state index contributed by atoms with van der Waals surface area (Å²) in [5.74, 6) is -0.603. The smallest absolute Gasteiger partial charge is 0.420 e. The van der Waals surface area contributed by atoms with Gasteiger partial charge in [-0.1, -0.05) is 0 Å². The number of carbonyl (C=O) groups is 1. The lowest BCUT2D eigenvalue weighted by Crippen LogP contribution is -2.16. The molecule has 32 heavy (non-hydrogen) atoms. The average molecular weight is 455 g/mol. The fourth-order valence-corrected chi connectivity index (χ4v) is 2.93. The molecule has 0 aliphatic heterocycles. The van der Waals surface area contributed by atoms with Gasteiger partial charge in [0.05, 0.1) is 11.3 Å². The molecule has 0 aliphatic carbocycles. The summed E-state index contributed by atoms with van der Waals surface area (Å²) in [6.45, 7) is 0. The number of hydrogen-bond donors (Lipinski definition) is 1. The third-order valence-electron chi connectivity index (χ3n) is 4.20. The van der Waals surface area contributed by atoms with Gasteiger partial charge < -0.3 is 10.1 Å². The van der Waals surface area contributed by atoms with Crippen LogP contribution in [0, 0.1) is 0 Å². The number of amides is 1. The normalized spacial score (nSPS) is 11.1. The fraction of sp³-hybridized carbons (Fsp3) is 0.0476. The minimum atomic E-state index is -3.82. The minimum Gasteiger partial charge on any atom is -0.420 e. The molecule has 8 nitrogen and oxygen atoms in total. The summed E-state index contributed by atoms with van der Waals surface area (Å²) in [5, 5.41) is 2.68. The highest BCUT2D eigenvalue weighted by Crippen LogP contribution is 2.30. The highest BCUT2D eigenvalue weighted by atomic mass is 35.5. The Morgan fingerprint density at radius 2 is 1.50 bits per heavy atom. The van der Waals surface area contributed by atoms with Gasteiger partial charge in [0.2, 0.25) is 0 Å². The molecule has 1 amide bonds. The van der Waals surface area contributed by atoms with Crippen molar-refractivity contribution in [2.45, 2.75) is 5.57 Å². The van der Waals surface area contributed by atoms with E-state index in [1.807, 2.05) is 0 Å². The molecule has 4 rings (SSSR count). The molecule has 11 heteroatoms. The Morgan fingerprint density at radius 1 is 0.906 bits per heavy atom. The molecule has 0 fully saturated rings. The van der Waals surface area contributed by atoms with Crippen LogP contribution in [0.3, 0.4) is 0 Å². The van der Waals surface area contributed by atoms with E-state index < -0.39 is 11.5 Å². The fourth-order valence-electron chi connectivity index (χ4n) is 2.84. The number of rotatable bonds is 6. The second-order valence-corrected chi connectivity index (χ2v) is 6.84. The van der Waals surface area contributed by atoms with Crippen molar-refractivity contribution in [3.63, 3.8) is 0 Å². The van der Waals surface area contributed by atoms with Gasteiger partial charge in [-0.3, -0.25) is 9.78 Å². The quantitative estimate of drug-likeness (QED) is 0.430. The third kappa shape index (κ3) is 5.16. The Kier molecular flexibility index (Phi) is 5.95. The van der Waals surface area contributed by atoms with Crippen LogP contribution in [0.1, 0.15) is 10.4 Å². The monoisotopic (exact) mass is 454 g/mol. The number of aromatic nitrogens is 5. The average Bonchev–Trinajstić information content (AvgIpc) is 2.80. The maximum Gasteiger partial charge on any atom is 0.487 e. The molecule has 3 heterocycles. The summed E-state index contributed by atoms with van der Waals surface area (Å²) in [6.07, 6.45) is 10.6. The predicted octanol–water partition coefficient (Wildman–Crippen LogP) is 4.42. The molecule has 1 N–H and O–H groups in total. The number of anilines is 1. The lowest BCUT2D eigenvalue weighted by atomic mass is 10.0. The van der Waals surface area contributed by atoms with E-state index in [0.717, 1.165) is 0 Å². The summed E-state index contributed by atoms with van der Waals surface area (Å²) in [4.78, 5) is 33.3. The molecule has 0 saturated heterocycles. The van der Waals surface area contributed by atoms with Crippen LogP contribution in [0.4, 0.5) is 14.5 Å². The van der Waals surface area contributed by atoms with Crippen molar-refractivity contribution in [2.75, 3.05) is 5.32 Å². The first-order chi connectivity index (χ1) is 15.4. The maximum atomic E-state index is 12.8. The van der Waals surface area contributed by atoms with Crippen LogP contribution in [0.25, 0.3) is 22.4 Å². The van der Waals surface area contributed by atoms with Crippen molar-refractivity contribution in [2.24, 2.45) is 0 Å². The Bertz CT molecular complexity index is 1220. The second-order valence-electron chi connectivity index (χ2n) is 6.40. The number of nitrogens with one attached hydrogen (secondary N) is 1. The van der Waals surface area contributed by atoms with Crippen molar-refractivity contribution >= 4 is 23.2 Å². The second kappa shape index (κ2) is 8.98. The lowest BCUT2D eigenvalue weighted by Gasteiger charge is -2.12. The molecule has 4 aromatic rings. The zero-order chi connectivity index (χ0) is 22.6. The number of pyridine rings is 1. The molecule has 0 bridgehead atoms. The van der Waals surface area contributed by atoms with Crippen molar-refractivity contribution in [3.8, 4) is 28.1 Å². The number of carbonyl (C=O) groups excluding carboxylic acids is 1. The van der Waals surface area contributed by atoms with Gasteiger partial charge in [-0.15, -0.1) is 8.78 Å². The van der Waals surface area contributed by atoms with E-state index >= 15 is 0 Å². The van der Waals surface area contributed by atoms with Gasteiger partial charge in [-0.25, -0.2) is 19.9 Å². The first kappa shape index (κ1) is 21.2. The Labute approximate surface area is 185 Å². The van der Waals surface area contributed by atoms with E-state index in [0.29, 0.717) is 28.1 Å². The van der Waals surface area contributed by atoms with E-state index in [-0.39, 0.29) is 11.3 Å². The molecule has 0 spiro atoms. The van der Waals surface area contributed by atoms with Gasteiger partial charge in [0.15, 0.2) is 0 Å². The Balaban J connectivity index is 1.62.